The fourth-order valence-electron chi connectivity index (χ4n) is 0.962. The normalized spacial score (nSPS) is 9.33. The second-order valence-corrected chi connectivity index (χ2v) is 2.72. The SMILES string of the molecule is COCCNc1cc(NCC#N)ncn1. The summed E-state index contributed by atoms with van der Waals surface area (Å²) in [5.41, 5.74) is 0. The van der Waals surface area contributed by atoms with Gasteiger partial charge in [0.1, 0.15) is 24.5 Å². The number of methoxy groups -OCH3 is 1. The quantitative estimate of drug-likeness (QED) is 0.521. The summed E-state index contributed by atoms with van der Waals surface area (Å²) >= 11 is 0. The van der Waals surface area contributed by atoms with Crippen molar-refractivity contribution in [2.75, 3.05) is 37.4 Å². The van der Waals surface area contributed by atoms with Crippen LogP contribution in [0.3, 0.4) is 0 Å². The lowest BCUT2D eigenvalue weighted by molar-refractivity contribution is 0.210. The lowest BCUT2D eigenvalue weighted by Gasteiger charge is -2.06. The maximum Gasteiger partial charge on any atom is 0.132 e. The molecule has 6 heteroatoms. The first-order valence-electron chi connectivity index (χ1n) is 4.52. The molecule has 0 aliphatic heterocycles. The Morgan fingerprint density at radius 3 is 2.80 bits per heavy atom. The topological polar surface area (TPSA) is 82.9 Å². The maximum absolute atomic E-state index is 8.38. The van der Waals surface area contributed by atoms with E-state index in [-0.39, 0.29) is 6.54 Å². The van der Waals surface area contributed by atoms with Crippen LogP contribution in [0.5, 0.6) is 0 Å². The van der Waals surface area contributed by atoms with Crippen molar-refractivity contribution in [1.29, 1.82) is 5.26 Å². The van der Waals surface area contributed by atoms with Crippen molar-refractivity contribution >= 4 is 11.6 Å². The Hall–Kier alpha value is -1.87. The number of nitrogens with one attached hydrogen (secondary N) is 2. The van der Waals surface area contributed by atoms with Gasteiger partial charge in [-0.25, -0.2) is 9.97 Å². The van der Waals surface area contributed by atoms with Crippen LogP contribution in [0.25, 0.3) is 0 Å². The van der Waals surface area contributed by atoms with E-state index >= 15 is 0 Å². The molecule has 0 unspecified atom stereocenters. The molecule has 1 aromatic heterocycles. The molecule has 0 aromatic carbocycles. The second kappa shape index (κ2) is 6.56. The molecule has 0 saturated heterocycles. The second-order valence-electron chi connectivity index (χ2n) is 2.72. The Morgan fingerprint density at radius 1 is 1.40 bits per heavy atom. The number of nitriles is 1. The molecule has 0 radical (unpaired) electrons. The van der Waals surface area contributed by atoms with Gasteiger partial charge >= 0.3 is 0 Å². The summed E-state index contributed by atoms with van der Waals surface area (Å²) in [4.78, 5) is 7.98. The van der Waals surface area contributed by atoms with Crippen LogP contribution >= 0.6 is 0 Å². The minimum absolute atomic E-state index is 0.231. The van der Waals surface area contributed by atoms with Gasteiger partial charge in [-0.1, -0.05) is 0 Å². The van der Waals surface area contributed by atoms with Gasteiger partial charge in [-0.3, -0.25) is 0 Å². The summed E-state index contributed by atoms with van der Waals surface area (Å²) in [5.74, 6) is 1.34. The Kier molecular flexibility index (Phi) is 4.90. The van der Waals surface area contributed by atoms with E-state index < -0.39 is 0 Å². The van der Waals surface area contributed by atoms with E-state index in [1.807, 2.05) is 6.07 Å². The number of nitrogens with zero attached hydrogens (tertiary/aromatic N) is 3. The molecule has 0 aliphatic rings. The van der Waals surface area contributed by atoms with E-state index in [2.05, 4.69) is 20.6 Å². The minimum Gasteiger partial charge on any atom is -0.383 e. The molecule has 0 fully saturated rings. The van der Waals surface area contributed by atoms with Crippen molar-refractivity contribution in [3.05, 3.63) is 12.4 Å². The molecule has 0 spiro atoms. The van der Waals surface area contributed by atoms with Crippen LogP contribution < -0.4 is 10.6 Å². The van der Waals surface area contributed by atoms with Crippen LogP contribution in [0.4, 0.5) is 11.6 Å². The number of ether oxygens (including phenoxy) is 1. The molecular weight excluding hydrogens is 194 g/mol. The zero-order valence-corrected chi connectivity index (χ0v) is 8.53. The van der Waals surface area contributed by atoms with Crippen LogP contribution in [0, 0.1) is 11.3 Å². The highest BCUT2D eigenvalue weighted by molar-refractivity contribution is 5.46. The monoisotopic (exact) mass is 207 g/mol. The van der Waals surface area contributed by atoms with Gasteiger partial charge < -0.3 is 15.4 Å². The Bertz CT molecular complexity index is 336. The van der Waals surface area contributed by atoms with E-state index in [1.54, 1.807) is 13.2 Å². The summed E-state index contributed by atoms with van der Waals surface area (Å²) in [7, 11) is 1.64. The third-order valence-corrected chi connectivity index (χ3v) is 1.63. The maximum atomic E-state index is 8.38. The lowest BCUT2D eigenvalue weighted by Crippen LogP contribution is -2.09. The van der Waals surface area contributed by atoms with E-state index in [4.69, 9.17) is 10.00 Å². The zero-order chi connectivity index (χ0) is 10.9. The van der Waals surface area contributed by atoms with Gasteiger partial charge in [0, 0.05) is 19.7 Å². The number of rotatable bonds is 6. The number of hydrogen-bond acceptors (Lipinski definition) is 6. The molecule has 0 aliphatic carbocycles. The first kappa shape index (κ1) is 11.2. The molecule has 0 amide bonds. The Balaban J connectivity index is 2.47. The molecule has 15 heavy (non-hydrogen) atoms. The molecule has 0 bridgehead atoms. The van der Waals surface area contributed by atoms with Crippen molar-refractivity contribution in [1.82, 2.24) is 9.97 Å². The molecule has 80 valence electrons. The van der Waals surface area contributed by atoms with E-state index in [0.717, 1.165) is 0 Å². The summed E-state index contributed by atoms with van der Waals surface area (Å²) in [6.45, 7) is 1.53. The first-order valence-corrected chi connectivity index (χ1v) is 4.52. The van der Waals surface area contributed by atoms with Crippen molar-refractivity contribution < 1.29 is 4.74 Å². The number of aromatic nitrogens is 2. The fraction of sp³-hybridized carbons (Fsp3) is 0.444. The number of anilines is 2. The highest BCUT2D eigenvalue weighted by atomic mass is 16.5. The van der Waals surface area contributed by atoms with Gasteiger partial charge in [-0.05, 0) is 0 Å². The van der Waals surface area contributed by atoms with Crippen molar-refractivity contribution in [2.45, 2.75) is 0 Å². The summed E-state index contributed by atoms with van der Waals surface area (Å²) < 4.78 is 4.89. The van der Waals surface area contributed by atoms with E-state index in [9.17, 15) is 0 Å². The van der Waals surface area contributed by atoms with E-state index in [0.29, 0.717) is 24.8 Å². The highest BCUT2D eigenvalue weighted by Gasteiger charge is 1.96. The average molecular weight is 207 g/mol. The Labute approximate surface area is 88.3 Å². The van der Waals surface area contributed by atoms with Gasteiger partial charge in [0.2, 0.25) is 0 Å². The summed E-state index contributed by atoms with van der Waals surface area (Å²) in [6, 6.07) is 3.72. The smallest absolute Gasteiger partial charge is 0.132 e. The number of hydrogen-bond donors (Lipinski definition) is 2. The third-order valence-electron chi connectivity index (χ3n) is 1.63. The molecule has 1 rings (SSSR count). The minimum atomic E-state index is 0.231. The molecule has 0 saturated carbocycles. The molecule has 6 nitrogen and oxygen atoms in total. The molecule has 0 atom stereocenters. The summed E-state index contributed by atoms with van der Waals surface area (Å²) in [6.07, 6.45) is 1.44. The van der Waals surface area contributed by atoms with E-state index in [1.165, 1.54) is 6.33 Å². The van der Waals surface area contributed by atoms with Crippen LogP contribution in [0.15, 0.2) is 12.4 Å². The predicted molar refractivity (Wildman–Crippen MR) is 56.5 cm³/mol. The zero-order valence-electron chi connectivity index (χ0n) is 8.53. The van der Waals surface area contributed by atoms with Crippen molar-refractivity contribution in [3.8, 4) is 6.07 Å². The van der Waals surface area contributed by atoms with Gasteiger partial charge in [-0.2, -0.15) is 5.26 Å². The fourth-order valence-corrected chi connectivity index (χ4v) is 0.962. The summed E-state index contributed by atoms with van der Waals surface area (Å²) in [5, 5.41) is 14.3. The van der Waals surface area contributed by atoms with Crippen molar-refractivity contribution in [3.63, 3.8) is 0 Å². The lowest BCUT2D eigenvalue weighted by atomic mass is 10.5. The van der Waals surface area contributed by atoms with Crippen LogP contribution in [0.1, 0.15) is 0 Å². The molecular formula is C9H13N5O. The average Bonchev–Trinajstić information content (AvgIpc) is 2.27. The predicted octanol–water partition coefficient (Wildman–Crippen LogP) is 0.470. The van der Waals surface area contributed by atoms with Crippen molar-refractivity contribution in [2.24, 2.45) is 0 Å². The van der Waals surface area contributed by atoms with Gasteiger partial charge in [0.15, 0.2) is 0 Å². The largest absolute Gasteiger partial charge is 0.383 e. The molecule has 1 aromatic rings. The highest BCUT2D eigenvalue weighted by Crippen LogP contribution is 2.07. The first-order chi connectivity index (χ1) is 7.36. The van der Waals surface area contributed by atoms with Gasteiger partial charge in [0.05, 0.1) is 12.7 Å². The Morgan fingerprint density at radius 2 is 2.13 bits per heavy atom. The standard InChI is InChI=1S/C9H13N5O/c1-15-5-4-12-9-6-8(11-3-2-10)13-7-14-9/h6-7H,3-5H2,1H3,(H2,11,12,13,14). The van der Waals surface area contributed by atoms with Crippen LogP contribution in [-0.4, -0.2) is 36.8 Å². The third kappa shape index (κ3) is 4.24. The van der Waals surface area contributed by atoms with Crippen LogP contribution in [-0.2, 0) is 4.74 Å². The van der Waals surface area contributed by atoms with Gasteiger partial charge in [-0.15, -0.1) is 0 Å². The molecule has 1 heterocycles. The van der Waals surface area contributed by atoms with Gasteiger partial charge in [0.25, 0.3) is 0 Å². The van der Waals surface area contributed by atoms with Crippen LogP contribution in [0.2, 0.25) is 0 Å². The molecule has 2 N–H and O–H groups in total.